The molecule has 17 heavy (non-hydrogen) atoms. The summed E-state index contributed by atoms with van der Waals surface area (Å²) in [4.78, 5) is 13.1. The average Bonchev–Trinajstić information content (AvgIpc) is 2.27. The molecule has 0 atom stereocenters. The summed E-state index contributed by atoms with van der Waals surface area (Å²) in [7, 11) is 0. The van der Waals surface area contributed by atoms with Crippen LogP contribution in [0.3, 0.4) is 0 Å². The van der Waals surface area contributed by atoms with E-state index in [0.29, 0.717) is 5.56 Å². The lowest BCUT2D eigenvalue weighted by Crippen LogP contribution is -2.46. The van der Waals surface area contributed by atoms with E-state index in [0.717, 1.165) is 38.5 Å². The van der Waals surface area contributed by atoms with Crippen molar-refractivity contribution in [3.05, 3.63) is 35.4 Å². The molecule has 1 saturated heterocycles. The van der Waals surface area contributed by atoms with Gasteiger partial charge in [0.05, 0.1) is 5.56 Å². The average molecular weight is 234 g/mol. The Hall–Kier alpha value is -1.39. The lowest BCUT2D eigenvalue weighted by molar-refractivity contribution is 0.0696. The van der Waals surface area contributed by atoms with Gasteiger partial charge >= 0.3 is 5.97 Å². The molecule has 0 spiro atoms. The van der Waals surface area contributed by atoms with Crippen LogP contribution in [-0.4, -0.2) is 35.6 Å². The summed E-state index contributed by atoms with van der Waals surface area (Å²) in [6.07, 6.45) is 1.11. The smallest absolute Gasteiger partial charge is 0.335 e. The van der Waals surface area contributed by atoms with Crippen LogP contribution in [0.25, 0.3) is 0 Å². The van der Waals surface area contributed by atoms with E-state index in [1.807, 2.05) is 12.1 Å². The monoisotopic (exact) mass is 234 g/mol. The molecule has 0 radical (unpaired) electrons. The minimum atomic E-state index is -0.872. The Morgan fingerprint density at radius 2 is 2.00 bits per heavy atom. The van der Waals surface area contributed by atoms with Gasteiger partial charge in [0.2, 0.25) is 0 Å². The highest BCUT2D eigenvalue weighted by Crippen LogP contribution is 2.20. The molecule has 0 aliphatic carbocycles. The standard InChI is InChI=1S/C13H18N2O2/c14-6-5-11-8-15(9-11)7-10-1-3-12(4-2-10)13(16)17/h1-4,11H,5-9,14H2,(H,16,17). The predicted octanol–water partition coefficient (Wildman–Crippen LogP) is 1.17. The first-order chi connectivity index (χ1) is 8.19. The van der Waals surface area contributed by atoms with Crippen LogP contribution in [0.1, 0.15) is 22.3 Å². The molecule has 1 aliphatic heterocycles. The maximum atomic E-state index is 10.7. The van der Waals surface area contributed by atoms with Gasteiger partial charge in [0, 0.05) is 19.6 Å². The fourth-order valence-electron chi connectivity index (χ4n) is 2.24. The second kappa shape index (κ2) is 5.29. The number of nitrogens with two attached hydrogens (primary N) is 1. The summed E-state index contributed by atoms with van der Waals surface area (Å²) in [5.41, 5.74) is 7.02. The molecular weight excluding hydrogens is 216 g/mol. The van der Waals surface area contributed by atoms with Gasteiger partial charge in [0.1, 0.15) is 0 Å². The molecule has 0 saturated carbocycles. The zero-order chi connectivity index (χ0) is 12.3. The first kappa shape index (κ1) is 12.1. The molecule has 1 aromatic carbocycles. The summed E-state index contributed by atoms with van der Waals surface area (Å²) in [6, 6.07) is 7.10. The normalized spacial score (nSPS) is 16.8. The van der Waals surface area contributed by atoms with Crippen LogP contribution < -0.4 is 5.73 Å². The molecule has 0 bridgehead atoms. The Balaban J connectivity index is 1.82. The van der Waals surface area contributed by atoms with Gasteiger partial charge in [-0.2, -0.15) is 0 Å². The molecule has 4 heteroatoms. The first-order valence-corrected chi connectivity index (χ1v) is 5.93. The highest BCUT2D eigenvalue weighted by molar-refractivity contribution is 5.87. The van der Waals surface area contributed by atoms with Gasteiger partial charge in [-0.1, -0.05) is 12.1 Å². The number of nitrogens with zero attached hydrogens (tertiary/aromatic N) is 1. The maximum absolute atomic E-state index is 10.7. The highest BCUT2D eigenvalue weighted by Gasteiger charge is 2.25. The van der Waals surface area contributed by atoms with E-state index < -0.39 is 5.97 Å². The van der Waals surface area contributed by atoms with Crippen molar-refractivity contribution in [2.75, 3.05) is 19.6 Å². The van der Waals surface area contributed by atoms with E-state index in [-0.39, 0.29) is 0 Å². The summed E-state index contributed by atoms with van der Waals surface area (Å²) in [5, 5.41) is 8.79. The lowest BCUT2D eigenvalue weighted by atomic mass is 9.95. The van der Waals surface area contributed by atoms with Crippen molar-refractivity contribution in [1.29, 1.82) is 0 Å². The molecule has 0 amide bonds. The molecule has 0 aromatic heterocycles. The van der Waals surface area contributed by atoms with Gasteiger partial charge in [0.15, 0.2) is 0 Å². The Morgan fingerprint density at radius 1 is 1.35 bits per heavy atom. The fourth-order valence-corrected chi connectivity index (χ4v) is 2.24. The number of hydrogen-bond acceptors (Lipinski definition) is 3. The molecule has 1 aliphatic rings. The van der Waals surface area contributed by atoms with Crippen molar-refractivity contribution in [2.45, 2.75) is 13.0 Å². The van der Waals surface area contributed by atoms with Crippen molar-refractivity contribution in [2.24, 2.45) is 11.7 Å². The molecule has 1 aromatic rings. The topological polar surface area (TPSA) is 66.6 Å². The summed E-state index contributed by atoms with van der Waals surface area (Å²) in [6.45, 7) is 3.89. The third-order valence-electron chi connectivity index (χ3n) is 3.21. The number of carboxylic acid groups (broad SMARTS) is 1. The van der Waals surface area contributed by atoms with Gasteiger partial charge < -0.3 is 10.8 Å². The highest BCUT2D eigenvalue weighted by atomic mass is 16.4. The molecule has 92 valence electrons. The minimum absolute atomic E-state index is 0.346. The molecule has 2 rings (SSSR count). The number of carboxylic acids is 1. The molecular formula is C13H18N2O2. The van der Waals surface area contributed by atoms with E-state index in [4.69, 9.17) is 10.8 Å². The molecule has 3 N–H and O–H groups in total. The molecule has 1 fully saturated rings. The van der Waals surface area contributed by atoms with E-state index in [1.54, 1.807) is 12.1 Å². The van der Waals surface area contributed by atoms with Gasteiger partial charge in [-0.3, -0.25) is 4.90 Å². The third kappa shape index (κ3) is 3.05. The molecule has 1 heterocycles. The first-order valence-electron chi connectivity index (χ1n) is 5.93. The zero-order valence-electron chi connectivity index (χ0n) is 9.80. The zero-order valence-corrected chi connectivity index (χ0v) is 9.80. The van der Waals surface area contributed by atoms with Gasteiger partial charge in [-0.25, -0.2) is 4.79 Å². The summed E-state index contributed by atoms with van der Waals surface area (Å²) >= 11 is 0. The largest absolute Gasteiger partial charge is 0.478 e. The van der Waals surface area contributed by atoms with Crippen molar-refractivity contribution >= 4 is 5.97 Å². The van der Waals surface area contributed by atoms with Crippen LogP contribution >= 0.6 is 0 Å². The number of rotatable bonds is 5. The van der Waals surface area contributed by atoms with Crippen LogP contribution in [0, 0.1) is 5.92 Å². The Bertz CT molecular complexity index is 383. The second-order valence-corrected chi connectivity index (χ2v) is 4.64. The van der Waals surface area contributed by atoms with Crippen LogP contribution in [0.15, 0.2) is 24.3 Å². The summed E-state index contributed by atoms with van der Waals surface area (Å²) < 4.78 is 0. The van der Waals surface area contributed by atoms with Gasteiger partial charge in [-0.05, 0) is 36.6 Å². The van der Waals surface area contributed by atoms with Crippen molar-refractivity contribution in [3.8, 4) is 0 Å². The van der Waals surface area contributed by atoms with Crippen LogP contribution in [0.5, 0.6) is 0 Å². The van der Waals surface area contributed by atoms with E-state index in [1.165, 1.54) is 5.56 Å². The second-order valence-electron chi connectivity index (χ2n) is 4.64. The van der Waals surface area contributed by atoms with E-state index in [2.05, 4.69) is 4.90 Å². The quantitative estimate of drug-likeness (QED) is 0.802. The SMILES string of the molecule is NCCC1CN(Cc2ccc(C(=O)O)cc2)C1. The maximum Gasteiger partial charge on any atom is 0.335 e. The predicted molar refractivity (Wildman–Crippen MR) is 65.8 cm³/mol. The number of aromatic carboxylic acids is 1. The van der Waals surface area contributed by atoms with Crippen molar-refractivity contribution < 1.29 is 9.90 Å². The number of likely N-dealkylation sites (tertiary alicyclic amines) is 1. The van der Waals surface area contributed by atoms with E-state index >= 15 is 0 Å². The van der Waals surface area contributed by atoms with Crippen molar-refractivity contribution in [3.63, 3.8) is 0 Å². The minimum Gasteiger partial charge on any atom is -0.478 e. The Kier molecular flexibility index (Phi) is 3.76. The van der Waals surface area contributed by atoms with Gasteiger partial charge in [-0.15, -0.1) is 0 Å². The lowest BCUT2D eigenvalue weighted by Gasteiger charge is -2.39. The molecule has 4 nitrogen and oxygen atoms in total. The van der Waals surface area contributed by atoms with Crippen molar-refractivity contribution in [1.82, 2.24) is 4.90 Å². The van der Waals surface area contributed by atoms with Crippen LogP contribution in [0.4, 0.5) is 0 Å². The number of hydrogen-bond donors (Lipinski definition) is 2. The van der Waals surface area contributed by atoms with Crippen LogP contribution in [-0.2, 0) is 6.54 Å². The third-order valence-corrected chi connectivity index (χ3v) is 3.21. The Morgan fingerprint density at radius 3 is 2.53 bits per heavy atom. The summed E-state index contributed by atoms with van der Waals surface area (Å²) in [5.74, 6) is -0.123. The fraction of sp³-hybridized carbons (Fsp3) is 0.462. The Labute approximate surface area is 101 Å². The van der Waals surface area contributed by atoms with Crippen LogP contribution in [0.2, 0.25) is 0 Å². The van der Waals surface area contributed by atoms with Gasteiger partial charge in [0.25, 0.3) is 0 Å². The van der Waals surface area contributed by atoms with E-state index in [9.17, 15) is 4.79 Å². The molecule has 0 unspecified atom stereocenters. The number of benzene rings is 1. The number of carbonyl (C=O) groups is 1.